The highest BCUT2D eigenvalue weighted by Gasteiger charge is 2.19. The molecule has 3 nitrogen and oxygen atoms in total. The van der Waals surface area contributed by atoms with Crippen LogP contribution >= 0.6 is 11.3 Å². The second-order valence-electron chi connectivity index (χ2n) is 5.15. The van der Waals surface area contributed by atoms with Gasteiger partial charge in [-0.1, -0.05) is 0 Å². The van der Waals surface area contributed by atoms with Gasteiger partial charge < -0.3 is 9.67 Å². The summed E-state index contributed by atoms with van der Waals surface area (Å²) in [7, 11) is 0. The molecule has 0 radical (unpaired) electrons. The highest BCUT2D eigenvalue weighted by atomic mass is 32.1. The van der Waals surface area contributed by atoms with E-state index in [0.717, 1.165) is 17.2 Å². The van der Waals surface area contributed by atoms with E-state index in [1.807, 2.05) is 12.4 Å². The van der Waals surface area contributed by atoms with Crippen LogP contribution in [0.25, 0.3) is 0 Å². The highest BCUT2D eigenvalue weighted by Crippen LogP contribution is 2.33. The molecule has 0 fully saturated rings. The molecule has 0 aliphatic heterocycles. The Morgan fingerprint density at radius 2 is 2.26 bits per heavy atom. The normalized spacial score (nSPS) is 16.3. The number of hydrogen-bond acceptors (Lipinski definition) is 3. The van der Waals surface area contributed by atoms with Crippen LogP contribution in [-0.2, 0) is 25.8 Å². The number of aliphatic hydroxyl groups excluding tert-OH is 1. The summed E-state index contributed by atoms with van der Waals surface area (Å²) in [4.78, 5) is 6.94. The smallest absolute Gasteiger partial charge is 0.111 e. The van der Waals surface area contributed by atoms with Crippen LogP contribution in [0.2, 0.25) is 0 Å². The summed E-state index contributed by atoms with van der Waals surface area (Å²) in [5, 5.41) is 10.4. The number of aliphatic hydroxyl groups is 1. The van der Waals surface area contributed by atoms with E-state index in [0.29, 0.717) is 6.42 Å². The van der Waals surface area contributed by atoms with E-state index in [4.69, 9.17) is 0 Å². The monoisotopic (exact) mass is 276 g/mol. The standard InChI is InChI=1S/C15H20N2OS/c1-2-17-8-7-16-15(17)10-12(18)14-9-11-5-3-4-6-13(11)19-14/h7-9,12,18H,2-6,10H2,1H3. The number of imidazole rings is 1. The van der Waals surface area contributed by atoms with E-state index in [1.165, 1.54) is 36.1 Å². The summed E-state index contributed by atoms with van der Waals surface area (Å²) in [5.41, 5.74) is 1.46. The summed E-state index contributed by atoms with van der Waals surface area (Å²) in [5.74, 6) is 0.973. The molecule has 1 N–H and O–H groups in total. The lowest BCUT2D eigenvalue weighted by Gasteiger charge is -2.09. The third kappa shape index (κ3) is 2.60. The molecule has 102 valence electrons. The second kappa shape index (κ2) is 5.47. The number of aromatic nitrogens is 2. The molecule has 0 bridgehead atoms. The van der Waals surface area contributed by atoms with Gasteiger partial charge in [-0.25, -0.2) is 4.98 Å². The molecule has 19 heavy (non-hydrogen) atoms. The molecule has 0 saturated heterocycles. The van der Waals surface area contributed by atoms with E-state index >= 15 is 0 Å². The maximum atomic E-state index is 10.4. The number of rotatable bonds is 4. The molecule has 1 unspecified atom stereocenters. The predicted molar refractivity (Wildman–Crippen MR) is 77.5 cm³/mol. The average Bonchev–Trinajstić information content (AvgIpc) is 3.03. The molecule has 0 aromatic carbocycles. The third-order valence-electron chi connectivity index (χ3n) is 3.86. The Balaban J connectivity index is 1.76. The van der Waals surface area contributed by atoms with Crippen LogP contribution in [0.3, 0.4) is 0 Å². The molecule has 3 rings (SSSR count). The minimum Gasteiger partial charge on any atom is -0.387 e. The van der Waals surface area contributed by atoms with Gasteiger partial charge in [0.05, 0.1) is 6.10 Å². The maximum Gasteiger partial charge on any atom is 0.111 e. The second-order valence-corrected chi connectivity index (χ2v) is 6.32. The minimum atomic E-state index is -0.414. The Morgan fingerprint density at radius 1 is 1.42 bits per heavy atom. The van der Waals surface area contributed by atoms with Crippen LogP contribution in [-0.4, -0.2) is 14.7 Å². The van der Waals surface area contributed by atoms with E-state index in [-0.39, 0.29) is 0 Å². The first-order valence-electron chi connectivity index (χ1n) is 7.07. The first-order valence-corrected chi connectivity index (χ1v) is 7.89. The van der Waals surface area contributed by atoms with Gasteiger partial charge in [0.15, 0.2) is 0 Å². The van der Waals surface area contributed by atoms with Crippen LogP contribution in [0.1, 0.15) is 47.0 Å². The molecule has 1 aliphatic carbocycles. The van der Waals surface area contributed by atoms with Gasteiger partial charge in [-0.15, -0.1) is 11.3 Å². The van der Waals surface area contributed by atoms with Crippen molar-refractivity contribution < 1.29 is 5.11 Å². The summed E-state index contributed by atoms with van der Waals surface area (Å²) in [6.07, 6.45) is 8.94. The van der Waals surface area contributed by atoms with Gasteiger partial charge in [0.1, 0.15) is 5.82 Å². The summed E-state index contributed by atoms with van der Waals surface area (Å²) >= 11 is 1.79. The van der Waals surface area contributed by atoms with Gasteiger partial charge in [-0.2, -0.15) is 0 Å². The Labute approximate surface area is 117 Å². The fraction of sp³-hybridized carbons (Fsp3) is 0.533. The molecule has 2 aromatic rings. The first kappa shape index (κ1) is 12.9. The molecule has 4 heteroatoms. The van der Waals surface area contributed by atoms with E-state index in [2.05, 4.69) is 22.5 Å². The van der Waals surface area contributed by atoms with Gasteiger partial charge in [0.2, 0.25) is 0 Å². The van der Waals surface area contributed by atoms with Crippen molar-refractivity contribution in [2.75, 3.05) is 0 Å². The third-order valence-corrected chi connectivity index (χ3v) is 5.20. The summed E-state index contributed by atoms with van der Waals surface area (Å²) < 4.78 is 2.09. The maximum absolute atomic E-state index is 10.4. The fourth-order valence-electron chi connectivity index (χ4n) is 2.77. The Hall–Kier alpha value is -1.13. The number of aryl methyl sites for hydroxylation is 3. The lowest BCUT2D eigenvalue weighted by atomic mass is 9.99. The van der Waals surface area contributed by atoms with Gasteiger partial charge in [-0.3, -0.25) is 0 Å². The van der Waals surface area contributed by atoms with Crippen LogP contribution in [0.4, 0.5) is 0 Å². The Bertz CT molecular complexity index is 535. The van der Waals surface area contributed by atoms with E-state index < -0.39 is 6.10 Å². The lowest BCUT2D eigenvalue weighted by Crippen LogP contribution is -2.07. The van der Waals surface area contributed by atoms with Crippen molar-refractivity contribution in [3.63, 3.8) is 0 Å². The average molecular weight is 276 g/mol. The van der Waals surface area contributed by atoms with Crippen LogP contribution in [0, 0.1) is 0 Å². The molecule has 0 amide bonds. The van der Waals surface area contributed by atoms with Gasteiger partial charge in [-0.05, 0) is 44.2 Å². The molecule has 2 aromatic heterocycles. The van der Waals surface area contributed by atoms with Crippen molar-refractivity contribution in [2.45, 2.75) is 51.7 Å². The van der Waals surface area contributed by atoms with E-state index in [9.17, 15) is 5.11 Å². The largest absolute Gasteiger partial charge is 0.387 e. The molecule has 1 aliphatic rings. The minimum absolute atomic E-state index is 0.414. The van der Waals surface area contributed by atoms with Crippen LogP contribution in [0.5, 0.6) is 0 Å². The summed E-state index contributed by atoms with van der Waals surface area (Å²) in [6.45, 7) is 3.00. The van der Waals surface area contributed by atoms with Crippen molar-refractivity contribution in [2.24, 2.45) is 0 Å². The van der Waals surface area contributed by atoms with Crippen LogP contribution < -0.4 is 0 Å². The van der Waals surface area contributed by atoms with Gasteiger partial charge in [0.25, 0.3) is 0 Å². The zero-order valence-electron chi connectivity index (χ0n) is 11.3. The Morgan fingerprint density at radius 3 is 3.05 bits per heavy atom. The zero-order chi connectivity index (χ0) is 13.2. The van der Waals surface area contributed by atoms with Crippen molar-refractivity contribution in [3.05, 3.63) is 39.6 Å². The molecular weight excluding hydrogens is 256 g/mol. The topological polar surface area (TPSA) is 38.0 Å². The number of thiophene rings is 1. The number of hydrogen-bond donors (Lipinski definition) is 1. The Kier molecular flexibility index (Phi) is 3.71. The van der Waals surface area contributed by atoms with Crippen molar-refractivity contribution in [3.8, 4) is 0 Å². The number of fused-ring (bicyclic) bond motifs is 1. The predicted octanol–water partition coefficient (Wildman–Crippen LogP) is 3.12. The van der Waals surface area contributed by atoms with Crippen LogP contribution in [0.15, 0.2) is 18.5 Å². The molecule has 1 atom stereocenters. The summed E-state index contributed by atoms with van der Waals surface area (Å²) in [6, 6.07) is 2.21. The SMILES string of the molecule is CCn1ccnc1CC(O)c1cc2c(s1)CCCC2. The van der Waals surface area contributed by atoms with Crippen molar-refractivity contribution >= 4 is 11.3 Å². The van der Waals surface area contributed by atoms with Gasteiger partial charge in [0, 0.05) is 35.1 Å². The molecule has 0 saturated carbocycles. The van der Waals surface area contributed by atoms with Crippen molar-refractivity contribution in [1.82, 2.24) is 9.55 Å². The zero-order valence-corrected chi connectivity index (χ0v) is 12.1. The van der Waals surface area contributed by atoms with Gasteiger partial charge >= 0.3 is 0 Å². The number of nitrogens with zero attached hydrogens (tertiary/aromatic N) is 2. The fourth-order valence-corrected chi connectivity index (χ4v) is 4.01. The molecular formula is C15H20N2OS. The molecule has 2 heterocycles. The first-order chi connectivity index (χ1) is 9.28. The quantitative estimate of drug-likeness (QED) is 0.931. The lowest BCUT2D eigenvalue weighted by molar-refractivity contribution is 0.178. The molecule has 0 spiro atoms. The van der Waals surface area contributed by atoms with Crippen molar-refractivity contribution in [1.29, 1.82) is 0 Å². The van der Waals surface area contributed by atoms with E-state index in [1.54, 1.807) is 11.3 Å². The highest BCUT2D eigenvalue weighted by molar-refractivity contribution is 7.12.